The van der Waals surface area contributed by atoms with Gasteiger partial charge in [0, 0.05) is 23.0 Å². The minimum atomic E-state index is 0.179. The van der Waals surface area contributed by atoms with E-state index in [-0.39, 0.29) is 5.75 Å². The molecule has 19 heavy (non-hydrogen) atoms. The Morgan fingerprint density at radius 3 is 2.74 bits per heavy atom. The van der Waals surface area contributed by atoms with Gasteiger partial charge in [-0.1, -0.05) is 12.1 Å². The number of phenols is 1. The van der Waals surface area contributed by atoms with Crippen molar-refractivity contribution in [3.05, 3.63) is 47.2 Å². The summed E-state index contributed by atoms with van der Waals surface area (Å²) in [5.74, 6) is 1.40. The molecule has 0 atom stereocenters. The summed E-state index contributed by atoms with van der Waals surface area (Å²) in [6.45, 7) is 0. The number of para-hydroxylation sites is 1. The molecule has 1 fully saturated rings. The number of aromatic hydroxyl groups is 1. The average Bonchev–Trinajstić information content (AvgIpc) is 3.17. The van der Waals surface area contributed by atoms with E-state index in [4.69, 9.17) is 11.5 Å². The predicted octanol–water partition coefficient (Wildman–Crippen LogP) is 2.64. The first-order valence-electron chi connectivity index (χ1n) is 6.39. The highest BCUT2D eigenvalue weighted by molar-refractivity contribution is 5.85. The molecule has 0 amide bonds. The number of hydrogen-bond donors (Lipinski definition) is 4. The van der Waals surface area contributed by atoms with Gasteiger partial charge in [0.1, 0.15) is 11.6 Å². The third-order valence-electron chi connectivity index (χ3n) is 3.52. The second-order valence-corrected chi connectivity index (χ2v) is 4.96. The molecule has 3 rings (SSSR count). The zero-order valence-corrected chi connectivity index (χ0v) is 10.6. The van der Waals surface area contributed by atoms with E-state index in [1.54, 1.807) is 18.2 Å². The molecule has 1 heterocycles. The molecule has 1 aliphatic carbocycles. The van der Waals surface area contributed by atoms with Gasteiger partial charge in [-0.25, -0.2) is 0 Å². The number of nitrogen functional groups attached to an aromatic ring is 1. The maximum atomic E-state index is 9.81. The van der Waals surface area contributed by atoms with Crippen LogP contribution in [0.4, 0.5) is 5.82 Å². The van der Waals surface area contributed by atoms with Crippen molar-refractivity contribution >= 4 is 17.6 Å². The van der Waals surface area contributed by atoms with E-state index in [1.807, 2.05) is 18.3 Å². The summed E-state index contributed by atoms with van der Waals surface area (Å²) >= 11 is 0. The Labute approximate surface area is 111 Å². The largest absolute Gasteiger partial charge is 0.507 e. The molecule has 1 saturated carbocycles. The molecule has 0 unspecified atom stereocenters. The van der Waals surface area contributed by atoms with Crippen LogP contribution in [0.15, 0.2) is 30.5 Å². The summed E-state index contributed by atoms with van der Waals surface area (Å²) in [6.07, 6.45) is 6.20. The van der Waals surface area contributed by atoms with Crippen molar-refractivity contribution in [1.29, 1.82) is 0 Å². The number of H-pyrrole nitrogens is 1. The van der Waals surface area contributed by atoms with Crippen LogP contribution >= 0.6 is 0 Å². The second-order valence-electron chi connectivity index (χ2n) is 4.96. The number of phenolic OH excluding ortho intramolecular Hbond substituents is 1. The van der Waals surface area contributed by atoms with Gasteiger partial charge in [-0.2, -0.15) is 0 Å². The molecular formula is C15H17N3O. The first kappa shape index (κ1) is 11.7. The van der Waals surface area contributed by atoms with Gasteiger partial charge in [0.05, 0.1) is 0 Å². The molecular weight excluding hydrogens is 238 g/mol. The van der Waals surface area contributed by atoms with Crippen LogP contribution in [0.1, 0.15) is 35.4 Å². The molecule has 0 saturated heterocycles. The van der Waals surface area contributed by atoms with Gasteiger partial charge in [0.25, 0.3) is 0 Å². The summed E-state index contributed by atoms with van der Waals surface area (Å²) in [4.78, 5) is 3.05. The summed E-state index contributed by atoms with van der Waals surface area (Å²) in [5.41, 5.74) is 15.3. The fourth-order valence-corrected chi connectivity index (χ4v) is 2.31. The summed E-state index contributed by atoms with van der Waals surface area (Å²) < 4.78 is 0. The molecule has 6 N–H and O–H groups in total. The lowest BCUT2D eigenvalue weighted by Gasteiger charge is -2.05. The molecule has 1 aromatic carbocycles. The zero-order valence-electron chi connectivity index (χ0n) is 10.6. The van der Waals surface area contributed by atoms with E-state index in [2.05, 4.69) is 4.98 Å². The smallest absolute Gasteiger partial charge is 0.124 e. The Balaban J connectivity index is 2.01. The van der Waals surface area contributed by atoms with Gasteiger partial charge >= 0.3 is 0 Å². The van der Waals surface area contributed by atoms with Crippen LogP contribution in [0, 0.1) is 0 Å². The number of hydrogen-bond acceptors (Lipinski definition) is 3. The molecule has 0 spiro atoms. The van der Waals surface area contributed by atoms with E-state index in [1.165, 1.54) is 18.4 Å². The topological polar surface area (TPSA) is 88.1 Å². The Morgan fingerprint density at radius 1 is 1.32 bits per heavy atom. The van der Waals surface area contributed by atoms with Crippen molar-refractivity contribution in [2.45, 2.75) is 18.8 Å². The van der Waals surface area contributed by atoms with Crippen LogP contribution in [0.25, 0.3) is 11.8 Å². The van der Waals surface area contributed by atoms with E-state index >= 15 is 0 Å². The molecule has 0 aliphatic heterocycles. The quantitative estimate of drug-likeness (QED) is 0.679. The number of aromatic nitrogens is 1. The SMILES string of the molecule is N/C(=C\c1c(C2CC2)c[nH]c1N)c1ccccc1O. The van der Waals surface area contributed by atoms with Crippen LogP contribution in [-0.2, 0) is 0 Å². The number of anilines is 1. The highest BCUT2D eigenvalue weighted by Gasteiger charge is 2.27. The van der Waals surface area contributed by atoms with E-state index in [0.29, 0.717) is 23.0 Å². The predicted molar refractivity (Wildman–Crippen MR) is 77.3 cm³/mol. The number of aromatic amines is 1. The van der Waals surface area contributed by atoms with Gasteiger partial charge in [-0.15, -0.1) is 0 Å². The van der Waals surface area contributed by atoms with Crippen molar-refractivity contribution in [2.75, 3.05) is 5.73 Å². The third-order valence-corrected chi connectivity index (χ3v) is 3.52. The molecule has 1 aliphatic rings. The van der Waals surface area contributed by atoms with E-state index < -0.39 is 0 Å². The molecule has 1 aromatic heterocycles. The first-order valence-corrected chi connectivity index (χ1v) is 6.39. The van der Waals surface area contributed by atoms with Crippen molar-refractivity contribution in [1.82, 2.24) is 4.98 Å². The van der Waals surface area contributed by atoms with Gasteiger partial charge in [0.15, 0.2) is 0 Å². The Bertz CT molecular complexity index is 639. The van der Waals surface area contributed by atoms with E-state index in [9.17, 15) is 5.11 Å². The lowest BCUT2D eigenvalue weighted by Crippen LogP contribution is -1.98. The fourth-order valence-electron chi connectivity index (χ4n) is 2.31. The maximum absolute atomic E-state index is 9.81. The minimum Gasteiger partial charge on any atom is -0.507 e. The van der Waals surface area contributed by atoms with Crippen LogP contribution in [0.3, 0.4) is 0 Å². The molecule has 4 heteroatoms. The number of rotatable bonds is 3. The Morgan fingerprint density at radius 2 is 2.05 bits per heavy atom. The number of nitrogens with one attached hydrogen (secondary N) is 1. The zero-order chi connectivity index (χ0) is 13.4. The second kappa shape index (κ2) is 4.39. The van der Waals surface area contributed by atoms with Crippen LogP contribution in [-0.4, -0.2) is 10.1 Å². The van der Waals surface area contributed by atoms with Gasteiger partial charge in [-0.3, -0.25) is 0 Å². The average molecular weight is 255 g/mol. The molecule has 98 valence electrons. The van der Waals surface area contributed by atoms with Crippen LogP contribution < -0.4 is 11.5 Å². The molecule has 2 aromatic rings. The molecule has 0 radical (unpaired) electrons. The highest BCUT2D eigenvalue weighted by Crippen LogP contribution is 2.43. The van der Waals surface area contributed by atoms with Crippen LogP contribution in [0.5, 0.6) is 5.75 Å². The van der Waals surface area contributed by atoms with Gasteiger partial charge in [0.2, 0.25) is 0 Å². The third kappa shape index (κ3) is 2.17. The van der Waals surface area contributed by atoms with E-state index in [0.717, 1.165) is 5.56 Å². The highest BCUT2D eigenvalue weighted by atomic mass is 16.3. The van der Waals surface area contributed by atoms with Crippen molar-refractivity contribution in [2.24, 2.45) is 5.73 Å². The number of benzene rings is 1. The van der Waals surface area contributed by atoms with Crippen molar-refractivity contribution in [3.63, 3.8) is 0 Å². The first-order chi connectivity index (χ1) is 9.16. The van der Waals surface area contributed by atoms with Gasteiger partial charge in [-0.05, 0) is 42.5 Å². The Hall–Kier alpha value is -2.36. The summed E-state index contributed by atoms with van der Waals surface area (Å²) in [7, 11) is 0. The van der Waals surface area contributed by atoms with Crippen molar-refractivity contribution < 1.29 is 5.11 Å². The normalized spacial score (nSPS) is 15.7. The standard InChI is InChI=1S/C15H17N3O/c16-13(10-3-1-2-4-14(10)19)7-11-12(9-5-6-9)8-18-15(11)17/h1-4,7-9,18-19H,5-6,16-17H2/b13-7-. The lowest BCUT2D eigenvalue weighted by atomic mass is 10.0. The maximum Gasteiger partial charge on any atom is 0.124 e. The molecule has 4 nitrogen and oxygen atoms in total. The summed E-state index contributed by atoms with van der Waals surface area (Å²) in [5, 5.41) is 9.81. The monoisotopic (exact) mass is 255 g/mol. The van der Waals surface area contributed by atoms with Crippen molar-refractivity contribution in [3.8, 4) is 5.75 Å². The minimum absolute atomic E-state index is 0.179. The lowest BCUT2D eigenvalue weighted by molar-refractivity contribution is 0.473. The Kier molecular flexibility index (Phi) is 2.71. The number of nitrogens with two attached hydrogens (primary N) is 2. The van der Waals surface area contributed by atoms with Gasteiger partial charge < -0.3 is 21.6 Å². The summed E-state index contributed by atoms with van der Waals surface area (Å²) in [6, 6.07) is 7.03. The fraction of sp³-hybridized carbons (Fsp3) is 0.200. The van der Waals surface area contributed by atoms with Crippen LogP contribution in [0.2, 0.25) is 0 Å². The molecule has 0 bridgehead atoms.